The first-order valence-electron chi connectivity index (χ1n) is 7.14. The molecule has 124 valence electrons. The third-order valence-electron chi connectivity index (χ3n) is 3.19. The SMILES string of the molecule is O=C(/C=C/c1ccc2c(c1)OCCO2)NNC(=O)c1cc(Br)c[nH]1. The number of carbonyl (C=O) groups is 2. The largest absolute Gasteiger partial charge is 0.486 e. The molecule has 1 aromatic carbocycles. The Morgan fingerprint density at radius 3 is 2.67 bits per heavy atom. The van der Waals surface area contributed by atoms with Crippen molar-refractivity contribution in [3.63, 3.8) is 0 Å². The number of halogens is 1. The van der Waals surface area contributed by atoms with Crippen molar-refractivity contribution in [2.45, 2.75) is 0 Å². The molecule has 0 atom stereocenters. The summed E-state index contributed by atoms with van der Waals surface area (Å²) in [5.74, 6) is 0.437. The number of ether oxygens (including phenoxy) is 2. The highest BCUT2D eigenvalue weighted by Gasteiger charge is 2.11. The van der Waals surface area contributed by atoms with Gasteiger partial charge in [0.1, 0.15) is 18.9 Å². The maximum absolute atomic E-state index is 11.8. The van der Waals surface area contributed by atoms with Crippen LogP contribution in [0.25, 0.3) is 6.08 Å². The number of benzene rings is 1. The summed E-state index contributed by atoms with van der Waals surface area (Å²) in [7, 11) is 0. The number of amides is 2. The molecule has 7 nitrogen and oxygen atoms in total. The second kappa shape index (κ2) is 7.22. The highest BCUT2D eigenvalue weighted by atomic mass is 79.9. The van der Waals surface area contributed by atoms with Gasteiger partial charge in [-0.25, -0.2) is 0 Å². The first kappa shape index (κ1) is 16.1. The first-order chi connectivity index (χ1) is 11.6. The lowest BCUT2D eigenvalue weighted by molar-refractivity contribution is -0.117. The van der Waals surface area contributed by atoms with Crippen LogP contribution in [-0.2, 0) is 4.79 Å². The third-order valence-corrected chi connectivity index (χ3v) is 3.64. The molecule has 0 spiro atoms. The highest BCUT2D eigenvalue weighted by molar-refractivity contribution is 9.10. The van der Waals surface area contributed by atoms with E-state index in [0.717, 1.165) is 10.0 Å². The highest BCUT2D eigenvalue weighted by Crippen LogP contribution is 2.31. The van der Waals surface area contributed by atoms with Crippen molar-refractivity contribution < 1.29 is 19.1 Å². The lowest BCUT2D eigenvalue weighted by atomic mass is 10.2. The van der Waals surface area contributed by atoms with E-state index < -0.39 is 11.8 Å². The summed E-state index contributed by atoms with van der Waals surface area (Å²) >= 11 is 3.23. The number of carbonyl (C=O) groups excluding carboxylic acids is 2. The number of aromatic amines is 1. The van der Waals surface area contributed by atoms with Crippen molar-refractivity contribution in [3.8, 4) is 11.5 Å². The van der Waals surface area contributed by atoms with Gasteiger partial charge in [0, 0.05) is 16.7 Å². The molecule has 0 bridgehead atoms. The standard InChI is InChI=1S/C16H14BrN3O4/c17-11-8-12(18-9-11)16(22)20-19-15(21)4-2-10-1-3-13-14(7-10)24-6-5-23-13/h1-4,7-9,18H,5-6H2,(H,19,21)(H,20,22)/b4-2+. The van der Waals surface area contributed by atoms with E-state index in [1.165, 1.54) is 6.08 Å². The van der Waals surface area contributed by atoms with Crippen molar-refractivity contribution >= 4 is 33.8 Å². The molecule has 1 aromatic heterocycles. The lowest BCUT2D eigenvalue weighted by Gasteiger charge is -2.18. The molecule has 1 aliphatic heterocycles. The average molecular weight is 392 g/mol. The Labute approximate surface area is 146 Å². The topological polar surface area (TPSA) is 92.4 Å². The van der Waals surface area contributed by atoms with Gasteiger partial charge >= 0.3 is 0 Å². The van der Waals surface area contributed by atoms with Crippen LogP contribution in [0.4, 0.5) is 0 Å². The summed E-state index contributed by atoms with van der Waals surface area (Å²) in [6.07, 6.45) is 4.56. The average Bonchev–Trinajstić information content (AvgIpc) is 3.04. The molecule has 1 aliphatic rings. The Hall–Kier alpha value is -2.74. The Kier molecular flexibility index (Phi) is 4.85. The van der Waals surface area contributed by atoms with Crippen molar-refractivity contribution in [1.82, 2.24) is 15.8 Å². The molecule has 0 unspecified atom stereocenters. The van der Waals surface area contributed by atoms with Crippen LogP contribution in [-0.4, -0.2) is 30.0 Å². The van der Waals surface area contributed by atoms with Crippen LogP contribution in [0.2, 0.25) is 0 Å². The molecule has 0 saturated heterocycles. The van der Waals surface area contributed by atoms with Crippen molar-refractivity contribution in [2.75, 3.05) is 13.2 Å². The van der Waals surface area contributed by atoms with E-state index in [9.17, 15) is 9.59 Å². The predicted molar refractivity (Wildman–Crippen MR) is 90.6 cm³/mol. The number of nitrogens with one attached hydrogen (secondary N) is 3. The number of hydrogen-bond acceptors (Lipinski definition) is 4. The van der Waals surface area contributed by atoms with Crippen LogP contribution < -0.4 is 20.3 Å². The second-order valence-corrected chi connectivity index (χ2v) is 5.83. The van der Waals surface area contributed by atoms with E-state index in [2.05, 4.69) is 31.8 Å². The van der Waals surface area contributed by atoms with Gasteiger partial charge in [-0.15, -0.1) is 0 Å². The van der Waals surface area contributed by atoms with Gasteiger partial charge in [-0.3, -0.25) is 20.4 Å². The summed E-state index contributed by atoms with van der Waals surface area (Å²) < 4.78 is 11.7. The molecule has 2 amide bonds. The van der Waals surface area contributed by atoms with Gasteiger partial charge in [0.2, 0.25) is 0 Å². The Bertz CT molecular complexity index is 800. The maximum Gasteiger partial charge on any atom is 0.286 e. The van der Waals surface area contributed by atoms with Crippen LogP contribution >= 0.6 is 15.9 Å². The molecule has 0 radical (unpaired) electrons. The smallest absolute Gasteiger partial charge is 0.286 e. The maximum atomic E-state index is 11.8. The Balaban J connectivity index is 1.54. The molecule has 3 N–H and O–H groups in total. The second-order valence-electron chi connectivity index (χ2n) is 4.91. The summed E-state index contributed by atoms with van der Waals surface area (Å²) in [5.41, 5.74) is 5.74. The van der Waals surface area contributed by atoms with Crippen molar-refractivity contribution in [2.24, 2.45) is 0 Å². The van der Waals surface area contributed by atoms with Gasteiger partial charge in [0.25, 0.3) is 11.8 Å². The molecule has 0 aliphatic carbocycles. The fourth-order valence-electron chi connectivity index (χ4n) is 2.06. The lowest BCUT2D eigenvalue weighted by Crippen LogP contribution is -2.40. The van der Waals surface area contributed by atoms with Gasteiger partial charge in [-0.1, -0.05) is 6.07 Å². The van der Waals surface area contributed by atoms with Gasteiger partial charge in [-0.2, -0.15) is 0 Å². The molecule has 2 heterocycles. The van der Waals surface area contributed by atoms with E-state index in [1.807, 2.05) is 6.07 Å². The van der Waals surface area contributed by atoms with Gasteiger partial charge in [0.05, 0.1) is 0 Å². The van der Waals surface area contributed by atoms with Crippen LogP contribution in [0.3, 0.4) is 0 Å². The molecule has 8 heteroatoms. The zero-order valence-corrected chi connectivity index (χ0v) is 14.1. The van der Waals surface area contributed by atoms with Crippen LogP contribution in [0.15, 0.2) is 41.0 Å². The molecule has 2 aromatic rings. The van der Waals surface area contributed by atoms with Crippen LogP contribution in [0.5, 0.6) is 11.5 Å². The van der Waals surface area contributed by atoms with E-state index in [0.29, 0.717) is 30.4 Å². The predicted octanol–water partition coefficient (Wildman–Crippen LogP) is 2.02. The molecule has 3 rings (SSSR count). The van der Waals surface area contributed by atoms with E-state index >= 15 is 0 Å². The Morgan fingerprint density at radius 2 is 1.92 bits per heavy atom. The van der Waals surface area contributed by atoms with E-state index in [1.54, 1.807) is 30.5 Å². The molecular formula is C16H14BrN3O4. The minimum atomic E-state index is -0.455. The van der Waals surface area contributed by atoms with Crippen LogP contribution in [0.1, 0.15) is 16.1 Å². The van der Waals surface area contributed by atoms with Crippen LogP contribution in [0, 0.1) is 0 Å². The van der Waals surface area contributed by atoms with Gasteiger partial charge < -0.3 is 14.5 Å². The number of H-pyrrole nitrogens is 1. The van der Waals surface area contributed by atoms with Crippen molar-refractivity contribution in [1.29, 1.82) is 0 Å². The van der Waals surface area contributed by atoms with E-state index in [-0.39, 0.29) is 0 Å². The van der Waals surface area contributed by atoms with Gasteiger partial charge in [0.15, 0.2) is 11.5 Å². The fraction of sp³-hybridized carbons (Fsp3) is 0.125. The zero-order chi connectivity index (χ0) is 16.9. The summed E-state index contributed by atoms with van der Waals surface area (Å²) in [6, 6.07) is 6.99. The third kappa shape index (κ3) is 3.96. The number of fused-ring (bicyclic) bond motifs is 1. The minimum absolute atomic E-state index is 0.331. The monoisotopic (exact) mass is 391 g/mol. The number of aromatic nitrogens is 1. The molecule has 0 saturated carbocycles. The summed E-state index contributed by atoms with van der Waals surface area (Å²) in [4.78, 5) is 26.3. The normalized spacial score (nSPS) is 12.9. The molecular weight excluding hydrogens is 378 g/mol. The molecule has 24 heavy (non-hydrogen) atoms. The Morgan fingerprint density at radius 1 is 1.12 bits per heavy atom. The number of hydrazine groups is 1. The van der Waals surface area contributed by atoms with E-state index in [4.69, 9.17) is 9.47 Å². The van der Waals surface area contributed by atoms with Crippen molar-refractivity contribution in [3.05, 3.63) is 52.3 Å². The fourth-order valence-corrected chi connectivity index (χ4v) is 2.41. The first-order valence-corrected chi connectivity index (χ1v) is 7.93. The number of hydrogen-bond donors (Lipinski definition) is 3. The number of rotatable bonds is 3. The zero-order valence-electron chi connectivity index (χ0n) is 12.5. The minimum Gasteiger partial charge on any atom is -0.486 e. The molecule has 0 fully saturated rings. The summed E-state index contributed by atoms with van der Waals surface area (Å²) in [6.45, 7) is 1.03. The van der Waals surface area contributed by atoms with Gasteiger partial charge in [-0.05, 0) is 45.8 Å². The summed E-state index contributed by atoms with van der Waals surface area (Å²) in [5, 5.41) is 0. The quantitative estimate of drug-likeness (QED) is 0.551.